The molecule has 6 nitrogen and oxygen atoms in total. The van der Waals surface area contributed by atoms with Crippen LogP contribution in [-0.2, 0) is 10.3 Å². The number of aromatic nitrogens is 1. The molecule has 1 aliphatic heterocycles. The summed E-state index contributed by atoms with van der Waals surface area (Å²) in [7, 11) is 0. The van der Waals surface area contributed by atoms with E-state index < -0.39 is 17.5 Å². The number of para-hydroxylation sites is 1. The van der Waals surface area contributed by atoms with Crippen molar-refractivity contribution in [3.63, 3.8) is 0 Å². The van der Waals surface area contributed by atoms with Gasteiger partial charge in [-0.05, 0) is 24.4 Å². The minimum Gasteiger partial charge on any atom is -0.360 e. The molecule has 25 heavy (non-hydrogen) atoms. The van der Waals surface area contributed by atoms with E-state index in [-0.39, 0.29) is 12.3 Å². The maximum Gasteiger partial charge on any atom is 0.325 e. The van der Waals surface area contributed by atoms with Gasteiger partial charge in [0.1, 0.15) is 0 Å². The number of nitrogens with zero attached hydrogens (tertiary/aromatic N) is 1. The summed E-state index contributed by atoms with van der Waals surface area (Å²) in [5.41, 5.74) is 0.193. The Morgan fingerprint density at radius 3 is 2.76 bits per heavy atom. The summed E-state index contributed by atoms with van der Waals surface area (Å²) in [6.07, 6.45) is 1.61. The summed E-state index contributed by atoms with van der Waals surface area (Å²) in [4.78, 5) is 42.5. The SMILES string of the molecule is CC1(c2cccs2)NC(=O)N(CC(=O)c2c[nH]c3ccccc23)C1=O. The number of hydrogen-bond donors (Lipinski definition) is 2. The number of aromatic amines is 1. The van der Waals surface area contributed by atoms with Crippen LogP contribution in [0.1, 0.15) is 22.2 Å². The number of fused-ring (bicyclic) bond motifs is 1. The van der Waals surface area contributed by atoms with Gasteiger partial charge in [0.15, 0.2) is 11.3 Å². The van der Waals surface area contributed by atoms with Gasteiger partial charge in [-0.15, -0.1) is 11.3 Å². The largest absolute Gasteiger partial charge is 0.360 e. The molecule has 0 aliphatic carbocycles. The second-order valence-electron chi connectivity index (χ2n) is 6.09. The third-order valence-corrected chi connectivity index (χ3v) is 5.57. The highest BCUT2D eigenvalue weighted by Gasteiger charge is 2.50. The van der Waals surface area contributed by atoms with Crippen molar-refractivity contribution in [1.82, 2.24) is 15.2 Å². The Kier molecular flexibility index (Phi) is 3.47. The van der Waals surface area contributed by atoms with Gasteiger partial charge in [-0.25, -0.2) is 4.79 Å². The van der Waals surface area contributed by atoms with Crippen LogP contribution in [-0.4, -0.2) is 34.2 Å². The molecule has 4 rings (SSSR count). The number of benzene rings is 1. The molecule has 1 unspecified atom stereocenters. The zero-order valence-corrected chi connectivity index (χ0v) is 14.2. The summed E-state index contributed by atoms with van der Waals surface area (Å²) in [5.74, 6) is -0.690. The van der Waals surface area contributed by atoms with Gasteiger partial charge >= 0.3 is 6.03 Å². The van der Waals surface area contributed by atoms with Crippen LogP contribution in [0.15, 0.2) is 48.0 Å². The number of imide groups is 1. The van der Waals surface area contributed by atoms with Crippen molar-refractivity contribution in [3.05, 3.63) is 58.4 Å². The first-order valence-corrected chi connectivity index (χ1v) is 8.66. The van der Waals surface area contributed by atoms with E-state index >= 15 is 0 Å². The lowest BCUT2D eigenvalue weighted by molar-refractivity contribution is -0.130. The Hall–Kier alpha value is -2.93. The quantitative estimate of drug-likeness (QED) is 0.559. The zero-order valence-electron chi connectivity index (χ0n) is 13.4. The van der Waals surface area contributed by atoms with Crippen LogP contribution in [0, 0.1) is 0 Å². The van der Waals surface area contributed by atoms with Crippen molar-refractivity contribution in [3.8, 4) is 0 Å². The predicted molar refractivity (Wildman–Crippen MR) is 94.5 cm³/mol. The number of amides is 3. The van der Waals surface area contributed by atoms with Crippen LogP contribution >= 0.6 is 11.3 Å². The number of carbonyl (C=O) groups excluding carboxylic acids is 3. The second kappa shape index (κ2) is 5.56. The van der Waals surface area contributed by atoms with Crippen LogP contribution in [0.2, 0.25) is 0 Å². The zero-order chi connectivity index (χ0) is 17.6. The molecule has 0 spiro atoms. The van der Waals surface area contributed by atoms with Gasteiger partial charge in [-0.3, -0.25) is 14.5 Å². The molecular formula is C18H15N3O3S. The normalized spacial score (nSPS) is 20.3. The average molecular weight is 353 g/mol. The first kappa shape index (κ1) is 15.6. The lowest BCUT2D eigenvalue weighted by Gasteiger charge is -2.19. The number of Topliss-reactive ketones (excluding diaryl/α,β-unsaturated/α-hetero) is 1. The maximum absolute atomic E-state index is 12.8. The molecule has 2 N–H and O–H groups in total. The molecule has 0 bridgehead atoms. The Morgan fingerprint density at radius 1 is 1.20 bits per heavy atom. The molecule has 0 radical (unpaired) electrons. The topological polar surface area (TPSA) is 82.3 Å². The van der Waals surface area contributed by atoms with Crippen LogP contribution < -0.4 is 5.32 Å². The van der Waals surface area contributed by atoms with Crippen molar-refractivity contribution in [2.24, 2.45) is 0 Å². The summed E-state index contributed by atoms with van der Waals surface area (Å²) in [5, 5.41) is 5.33. The van der Waals surface area contributed by atoms with Crippen LogP contribution in [0.3, 0.4) is 0 Å². The van der Waals surface area contributed by atoms with Gasteiger partial charge in [0.05, 0.1) is 6.54 Å². The molecule has 3 aromatic rings. The smallest absolute Gasteiger partial charge is 0.325 e. The lowest BCUT2D eigenvalue weighted by atomic mass is 10.0. The minimum absolute atomic E-state index is 0.281. The molecule has 1 fully saturated rings. The van der Waals surface area contributed by atoms with Gasteiger partial charge in [-0.1, -0.05) is 24.3 Å². The van der Waals surface area contributed by atoms with E-state index in [9.17, 15) is 14.4 Å². The number of H-pyrrole nitrogens is 1. The van der Waals surface area contributed by atoms with E-state index in [1.165, 1.54) is 11.3 Å². The van der Waals surface area contributed by atoms with E-state index in [1.807, 2.05) is 35.7 Å². The number of carbonyl (C=O) groups is 3. The molecule has 1 saturated heterocycles. The van der Waals surface area contributed by atoms with Crippen LogP contribution in [0.5, 0.6) is 0 Å². The second-order valence-corrected chi connectivity index (χ2v) is 7.04. The van der Waals surface area contributed by atoms with Gasteiger partial charge < -0.3 is 10.3 Å². The maximum atomic E-state index is 12.8. The highest BCUT2D eigenvalue weighted by Crippen LogP contribution is 2.32. The molecule has 1 aliphatic rings. The van der Waals surface area contributed by atoms with E-state index in [4.69, 9.17) is 0 Å². The fraction of sp³-hybridized carbons (Fsp3) is 0.167. The molecule has 1 atom stereocenters. The van der Waals surface area contributed by atoms with E-state index in [2.05, 4.69) is 10.3 Å². The summed E-state index contributed by atoms with van der Waals surface area (Å²) >= 11 is 1.39. The fourth-order valence-electron chi connectivity index (χ4n) is 3.10. The van der Waals surface area contributed by atoms with Gasteiger partial charge in [0.2, 0.25) is 0 Å². The number of rotatable bonds is 4. The van der Waals surface area contributed by atoms with E-state index in [1.54, 1.807) is 19.2 Å². The summed E-state index contributed by atoms with van der Waals surface area (Å²) in [6.45, 7) is 1.38. The van der Waals surface area contributed by atoms with Crippen LogP contribution in [0.4, 0.5) is 4.79 Å². The number of hydrogen-bond acceptors (Lipinski definition) is 4. The lowest BCUT2D eigenvalue weighted by Crippen LogP contribution is -2.40. The molecule has 1 aromatic carbocycles. The number of thiophene rings is 1. The first-order valence-electron chi connectivity index (χ1n) is 7.78. The van der Waals surface area contributed by atoms with E-state index in [0.717, 1.165) is 20.7 Å². The van der Waals surface area contributed by atoms with E-state index in [0.29, 0.717) is 5.56 Å². The molecule has 0 saturated carbocycles. The van der Waals surface area contributed by atoms with Gasteiger partial charge in [-0.2, -0.15) is 0 Å². The highest BCUT2D eigenvalue weighted by atomic mass is 32.1. The molecule has 3 heterocycles. The summed E-state index contributed by atoms with van der Waals surface area (Å²) < 4.78 is 0. The number of urea groups is 1. The highest BCUT2D eigenvalue weighted by molar-refractivity contribution is 7.10. The molecule has 2 aromatic heterocycles. The average Bonchev–Trinajstić information content (AvgIpc) is 3.31. The molecule has 126 valence electrons. The number of ketones is 1. The van der Waals surface area contributed by atoms with Crippen molar-refractivity contribution < 1.29 is 14.4 Å². The van der Waals surface area contributed by atoms with Crippen molar-refractivity contribution >= 4 is 40.0 Å². The molecule has 7 heteroatoms. The molecular weight excluding hydrogens is 338 g/mol. The minimum atomic E-state index is -1.12. The third-order valence-electron chi connectivity index (χ3n) is 4.48. The Balaban J connectivity index is 1.61. The van der Waals surface area contributed by atoms with Gasteiger partial charge in [0.25, 0.3) is 5.91 Å². The van der Waals surface area contributed by atoms with Crippen molar-refractivity contribution in [2.45, 2.75) is 12.5 Å². The molecule has 3 amide bonds. The third kappa shape index (κ3) is 2.35. The predicted octanol–water partition coefficient (Wildman–Crippen LogP) is 2.88. The first-order chi connectivity index (χ1) is 12.0. The Bertz CT molecular complexity index is 992. The van der Waals surface area contributed by atoms with Crippen molar-refractivity contribution in [2.75, 3.05) is 6.54 Å². The number of nitrogens with one attached hydrogen (secondary N) is 2. The monoisotopic (exact) mass is 353 g/mol. The fourth-order valence-corrected chi connectivity index (χ4v) is 3.94. The van der Waals surface area contributed by atoms with Crippen molar-refractivity contribution in [1.29, 1.82) is 0 Å². The standard InChI is InChI=1S/C18H15N3O3S/c1-18(15-7-4-8-25-15)16(23)21(17(24)20-18)10-14(22)12-9-19-13-6-3-2-5-11(12)13/h2-9,19H,10H2,1H3,(H,20,24). The Morgan fingerprint density at radius 2 is 2.00 bits per heavy atom. The van der Waals surface area contributed by atoms with Crippen LogP contribution in [0.25, 0.3) is 10.9 Å². The Labute approximate surface area is 147 Å². The summed E-state index contributed by atoms with van der Waals surface area (Å²) in [6, 6.07) is 10.5. The van der Waals surface area contributed by atoms with Gasteiger partial charge in [0, 0.05) is 27.5 Å².